The molecule has 3 rings (SSSR count). The molecule has 0 saturated heterocycles. The van der Waals surface area contributed by atoms with Crippen LogP contribution in [0.1, 0.15) is 41.9 Å². The summed E-state index contributed by atoms with van der Waals surface area (Å²) >= 11 is 1.31. The van der Waals surface area contributed by atoms with Crippen LogP contribution in [0.3, 0.4) is 0 Å². The summed E-state index contributed by atoms with van der Waals surface area (Å²) in [5.74, 6) is 0.0626. The Morgan fingerprint density at radius 2 is 2.00 bits per heavy atom. The molecule has 0 aliphatic heterocycles. The molecule has 0 radical (unpaired) electrons. The predicted octanol–water partition coefficient (Wildman–Crippen LogP) is 2.34. The van der Waals surface area contributed by atoms with Crippen molar-refractivity contribution < 1.29 is 4.79 Å². The van der Waals surface area contributed by atoms with Crippen molar-refractivity contribution >= 4 is 22.4 Å². The number of nitrogens with zero attached hydrogens (tertiary/aromatic N) is 2. The number of benzene rings is 1. The predicted molar refractivity (Wildman–Crippen MR) is 83.0 cm³/mol. The van der Waals surface area contributed by atoms with E-state index >= 15 is 0 Å². The fourth-order valence-corrected chi connectivity index (χ4v) is 3.08. The molecule has 1 aliphatic carbocycles. The summed E-state index contributed by atoms with van der Waals surface area (Å²) in [5, 5.41) is 12.0. The van der Waals surface area contributed by atoms with Crippen molar-refractivity contribution in [1.82, 2.24) is 15.5 Å². The van der Waals surface area contributed by atoms with Crippen molar-refractivity contribution in [3.05, 3.63) is 40.4 Å². The number of rotatable bonds is 4. The molecule has 1 aromatic carbocycles. The topological polar surface area (TPSA) is 80.9 Å². The molecule has 0 spiro atoms. The van der Waals surface area contributed by atoms with Gasteiger partial charge in [-0.05, 0) is 32.3 Å². The van der Waals surface area contributed by atoms with E-state index in [1.165, 1.54) is 16.9 Å². The molecule has 0 unspecified atom stereocenters. The fraction of sp³-hybridized carbons (Fsp3) is 0.400. The number of hydrogen-bond donors (Lipinski definition) is 2. The van der Waals surface area contributed by atoms with Gasteiger partial charge in [0.25, 0.3) is 0 Å². The molecule has 3 N–H and O–H groups in total. The zero-order valence-electron chi connectivity index (χ0n) is 12.1. The lowest BCUT2D eigenvalue weighted by molar-refractivity contribution is -0.124. The minimum atomic E-state index is -0.363. The molecule has 5 nitrogen and oxygen atoms in total. The first-order chi connectivity index (χ1) is 10.0. The first-order valence-electron chi connectivity index (χ1n) is 6.98. The van der Waals surface area contributed by atoms with Crippen LogP contribution >= 0.6 is 11.3 Å². The highest BCUT2D eigenvalue weighted by molar-refractivity contribution is 7.15. The van der Waals surface area contributed by atoms with E-state index in [0.717, 1.165) is 23.4 Å². The van der Waals surface area contributed by atoms with Gasteiger partial charge in [0.2, 0.25) is 11.0 Å². The molecule has 1 atom stereocenters. The van der Waals surface area contributed by atoms with Crippen molar-refractivity contribution in [3.63, 3.8) is 0 Å². The second-order valence-electron chi connectivity index (χ2n) is 5.62. The first-order valence-corrected chi connectivity index (χ1v) is 7.80. The summed E-state index contributed by atoms with van der Waals surface area (Å²) in [6, 6.07) is 8.04. The molecule has 1 heterocycles. The summed E-state index contributed by atoms with van der Waals surface area (Å²) < 4.78 is 0. The second-order valence-corrected chi connectivity index (χ2v) is 6.66. The molecule has 1 saturated carbocycles. The van der Waals surface area contributed by atoms with Gasteiger partial charge in [-0.25, -0.2) is 0 Å². The minimum Gasteiger partial charge on any atom is -0.374 e. The van der Waals surface area contributed by atoms with Crippen molar-refractivity contribution in [2.75, 3.05) is 5.73 Å². The van der Waals surface area contributed by atoms with Crippen LogP contribution in [-0.2, 0) is 10.2 Å². The summed E-state index contributed by atoms with van der Waals surface area (Å²) in [6.45, 7) is 3.95. The maximum Gasteiger partial charge on any atom is 0.231 e. The summed E-state index contributed by atoms with van der Waals surface area (Å²) in [7, 11) is 0. The van der Waals surface area contributed by atoms with Crippen molar-refractivity contribution in [1.29, 1.82) is 0 Å². The van der Waals surface area contributed by atoms with Gasteiger partial charge in [0.05, 0.1) is 11.5 Å². The minimum absolute atomic E-state index is 0.0626. The van der Waals surface area contributed by atoms with Crippen LogP contribution < -0.4 is 11.1 Å². The van der Waals surface area contributed by atoms with Crippen LogP contribution in [0.5, 0.6) is 0 Å². The van der Waals surface area contributed by atoms with E-state index in [1.807, 2.05) is 13.8 Å². The van der Waals surface area contributed by atoms with Crippen molar-refractivity contribution in [3.8, 4) is 0 Å². The number of aromatic nitrogens is 2. The molecule has 1 fully saturated rings. The van der Waals surface area contributed by atoms with Crippen LogP contribution in [0.4, 0.5) is 5.13 Å². The fourth-order valence-electron chi connectivity index (χ4n) is 2.46. The van der Waals surface area contributed by atoms with Crippen molar-refractivity contribution in [2.45, 2.75) is 38.1 Å². The Hall–Kier alpha value is -1.95. The quantitative estimate of drug-likeness (QED) is 0.908. The third-order valence-electron chi connectivity index (χ3n) is 3.96. The number of nitrogens with two attached hydrogens (primary N) is 1. The molecule has 1 aliphatic rings. The molecule has 2 aromatic rings. The average Bonchev–Trinajstić information content (AvgIpc) is 3.16. The number of amides is 1. The van der Waals surface area contributed by atoms with Gasteiger partial charge in [-0.3, -0.25) is 4.79 Å². The maximum atomic E-state index is 12.6. The Kier molecular flexibility index (Phi) is 3.41. The van der Waals surface area contributed by atoms with Gasteiger partial charge in [-0.1, -0.05) is 41.2 Å². The summed E-state index contributed by atoms with van der Waals surface area (Å²) in [6.07, 6.45) is 1.79. The molecular formula is C15H18N4OS. The molecule has 1 aromatic heterocycles. The van der Waals surface area contributed by atoms with E-state index in [2.05, 4.69) is 39.8 Å². The van der Waals surface area contributed by atoms with E-state index in [4.69, 9.17) is 5.73 Å². The number of carbonyl (C=O) groups excluding carboxylic acids is 1. The van der Waals surface area contributed by atoms with Gasteiger partial charge in [0.15, 0.2) is 0 Å². The first kappa shape index (κ1) is 14.0. The Bertz CT molecular complexity index is 661. The maximum absolute atomic E-state index is 12.6. The van der Waals surface area contributed by atoms with E-state index in [1.54, 1.807) is 0 Å². The molecule has 21 heavy (non-hydrogen) atoms. The van der Waals surface area contributed by atoms with Gasteiger partial charge in [0, 0.05) is 0 Å². The lowest BCUT2D eigenvalue weighted by Crippen LogP contribution is -2.36. The number of nitrogens with one attached hydrogen (secondary N) is 1. The SMILES string of the molecule is Cc1ccc(C2(C(=O)N[C@@H](C)c3nnc(N)s3)CC2)cc1. The molecule has 0 bridgehead atoms. The summed E-state index contributed by atoms with van der Waals surface area (Å²) in [4.78, 5) is 12.6. The number of carbonyl (C=O) groups is 1. The van der Waals surface area contributed by atoms with Crippen LogP contribution in [0, 0.1) is 6.92 Å². The van der Waals surface area contributed by atoms with Gasteiger partial charge < -0.3 is 11.1 Å². The van der Waals surface area contributed by atoms with E-state index in [0.29, 0.717) is 5.13 Å². The van der Waals surface area contributed by atoms with Gasteiger partial charge in [-0.2, -0.15) is 0 Å². The smallest absolute Gasteiger partial charge is 0.231 e. The van der Waals surface area contributed by atoms with Crippen LogP contribution in [0.2, 0.25) is 0 Å². The number of anilines is 1. The lowest BCUT2D eigenvalue weighted by Gasteiger charge is -2.18. The number of hydrogen-bond acceptors (Lipinski definition) is 5. The Labute approximate surface area is 127 Å². The third-order valence-corrected chi connectivity index (χ3v) is 4.90. The van der Waals surface area contributed by atoms with E-state index < -0.39 is 0 Å². The third kappa shape index (κ3) is 2.63. The Morgan fingerprint density at radius 1 is 1.33 bits per heavy atom. The second kappa shape index (κ2) is 5.11. The normalized spacial score (nSPS) is 17.2. The van der Waals surface area contributed by atoms with Crippen molar-refractivity contribution in [2.24, 2.45) is 0 Å². The molecule has 110 valence electrons. The van der Waals surface area contributed by atoms with E-state index in [9.17, 15) is 4.79 Å². The largest absolute Gasteiger partial charge is 0.374 e. The van der Waals surface area contributed by atoms with Gasteiger partial charge in [0.1, 0.15) is 5.01 Å². The van der Waals surface area contributed by atoms with Crippen LogP contribution in [0.25, 0.3) is 0 Å². The summed E-state index contributed by atoms with van der Waals surface area (Å²) in [5.41, 5.74) is 7.51. The molecule has 1 amide bonds. The van der Waals surface area contributed by atoms with Crippen LogP contribution in [-0.4, -0.2) is 16.1 Å². The Balaban J connectivity index is 1.74. The monoisotopic (exact) mass is 302 g/mol. The molecular weight excluding hydrogens is 284 g/mol. The number of nitrogen functional groups attached to an aromatic ring is 1. The molecule has 6 heteroatoms. The standard InChI is InChI=1S/C15H18N4OS/c1-9-3-5-11(6-4-9)15(7-8-15)13(20)17-10(2)12-18-19-14(16)21-12/h3-6,10H,7-8H2,1-2H3,(H2,16,19)(H,17,20)/t10-/m0/s1. The van der Waals surface area contributed by atoms with Crippen LogP contribution in [0.15, 0.2) is 24.3 Å². The highest BCUT2D eigenvalue weighted by Crippen LogP contribution is 2.48. The lowest BCUT2D eigenvalue weighted by atomic mass is 9.94. The zero-order valence-corrected chi connectivity index (χ0v) is 12.9. The van der Waals surface area contributed by atoms with Gasteiger partial charge in [-0.15, -0.1) is 10.2 Å². The van der Waals surface area contributed by atoms with Gasteiger partial charge >= 0.3 is 0 Å². The zero-order chi connectivity index (χ0) is 15.0. The number of aryl methyl sites for hydroxylation is 1. The highest BCUT2D eigenvalue weighted by Gasteiger charge is 2.51. The Morgan fingerprint density at radius 3 is 2.52 bits per heavy atom. The highest BCUT2D eigenvalue weighted by atomic mass is 32.1. The van der Waals surface area contributed by atoms with E-state index in [-0.39, 0.29) is 17.4 Å². The average molecular weight is 302 g/mol.